The number of aliphatic hydroxyl groups is 9. The van der Waals surface area contributed by atoms with Crippen LogP contribution in [0, 0.1) is 0 Å². The van der Waals surface area contributed by atoms with Gasteiger partial charge >= 0.3 is 0 Å². The highest BCUT2D eigenvalue weighted by Gasteiger charge is 2.49. The van der Waals surface area contributed by atoms with Crippen LogP contribution in [-0.2, 0) is 9.53 Å². The zero-order valence-electron chi connectivity index (χ0n) is 12.0. The van der Waals surface area contributed by atoms with Crippen LogP contribution in [-0.4, -0.2) is 120 Å². The molecule has 1 saturated heterocycles. The van der Waals surface area contributed by atoms with Crippen LogP contribution in [0.15, 0.2) is 0 Å². The Morgan fingerprint density at radius 1 is 0.913 bits per heavy atom. The molecule has 1 aliphatic heterocycles. The quantitative estimate of drug-likeness (QED) is 0.212. The van der Waals surface area contributed by atoms with E-state index >= 15 is 0 Å². The third-order valence-corrected chi connectivity index (χ3v) is 3.72. The molecular formula is C12H22O11. The molecule has 136 valence electrons. The van der Waals surface area contributed by atoms with Crippen molar-refractivity contribution in [3.63, 3.8) is 0 Å². The molecule has 0 spiro atoms. The lowest BCUT2D eigenvalue weighted by Gasteiger charge is -2.40. The average Bonchev–Trinajstić information content (AvgIpc) is 2.56. The molecular weight excluding hydrogens is 320 g/mol. The fourth-order valence-corrected chi connectivity index (χ4v) is 2.20. The van der Waals surface area contributed by atoms with Gasteiger partial charge in [-0.25, -0.2) is 0 Å². The lowest BCUT2D eigenvalue weighted by molar-refractivity contribution is -0.231. The number of ether oxygens (including phenoxy) is 1. The molecule has 0 amide bonds. The molecule has 0 bridgehead atoms. The van der Waals surface area contributed by atoms with E-state index in [4.69, 9.17) is 14.9 Å². The van der Waals surface area contributed by atoms with Gasteiger partial charge in [0.05, 0.1) is 13.2 Å². The highest BCUT2D eigenvalue weighted by Crippen LogP contribution is 2.23. The van der Waals surface area contributed by atoms with Crippen LogP contribution < -0.4 is 0 Å². The summed E-state index contributed by atoms with van der Waals surface area (Å²) < 4.78 is 4.91. The Morgan fingerprint density at radius 3 is 1.96 bits per heavy atom. The first-order valence-corrected chi connectivity index (χ1v) is 6.84. The Kier molecular flexibility index (Phi) is 7.41. The van der Waals surface area contributed by atoms with Crippen molar-refractivity contribution in [1.29, 1.82) is 0 Å². The monoisotopic (exact) mass is 342 g/mol. The molecule has 9 N–H and O–H groups in total. The zero-order valence-corrected chi connectivity index (χ0v) is 12.0. The molecule has 0 radical (unpaired) electrons. The summed E-state index contributed by atoms with van der Waals surface area (Å²) in [6.07, 6.45) is -17.2. The van der Waals surface area contributed by atoms with Crippen molar-refractivity contribution < 1.29 is 55.5 Å². The second-order valence-electron chi connectivity index (χ2n) is 5.33. The van der Waals surface area contributed by atoms with E-state index in [2.05, 4.69) is 0 Å². The molecule has 1 aliphatic rings. The van der Waals surface area contributed by atoms with Gasteiger partial charge < -0.3 is 50.7 Å². The highest BCUT2D eigenvalue weighted by molar-refractivity contribution is 5.88. The van der Waals surface area contributed by atoms with E-state index in [1.807, 2.05) is 0 Å². The molecule has 11 heteroatoms. The van der Waals surface area contributed by atoms with Crippen LogP contribution >= 0.6 is 0 Å². The smallest absolute Gasteiger partial charge is 0.195 e. The predicted molar refractivity (Wildman–Crippen MR) is 69.9 cm³/mol. The Labute approximate surface area is 130 Å². The molecule has 11 nitrogen and oxygen atoms in total. The van der Waals surface area contributed by atoms with Crippen molar-refractivity contribution in [1.82, 2.24) is 0 Å². The van der Waals surface area contributed by atoms with Crippen molar-refractivity contribution >= 4 is 5.78 Å². The third-order valence-electron chi connectivity index (χ3n) is 3.72. The van der Waals surface area contributed by atoms with E-state index in [0.717, 1.165) is 0 Å². The van der Waals surface area contributed by atoms with Gasteiger partial charge in [0.1, 0.15) is 54.9 Å². The number of ketones is 1. The largest absolute Gasteiger partial charge is 0.394 e. The summed E-state index contributed by atoms with van der Waals surface area (Å²) in [6, 6.07) is 0. The lowest BCUT2D eigenvalue weighted by Crippen LogP contribution is -2.63. The second-order valence-corrected chi connectivity index (χ2v) is 5.33. The lowest BCUT2D eigenvalue weighted by atomic mass is 9.89. The van der Waals surface area contributed by atoms with Gasteiger partial charge in [-0.05, 0) is 0 Å². The van der Waals surface area contributed by atoms with Crippen molar-refractivity contribution in [3.8, 4) is 0 Å². The van der Waals surface area contributed by atoms with Gasteiger partial charge in [0.2, 0.25) is 0 Å². The van der Waals surface area contributed by atoms with Crippen molar-refractivity contribution in [3.05, 3.63) is 0 Å². The van der Waals surface area contributed by atoms with Gasteiger partial charge in [0.25, 0.3) is 0 Å². The van der Waals surface area contributed by atoms with Crippen molar-refractivity contribution in [2.45, 2.75) is 54.9 Å². The topological polar surface area (TPSA) is 208 Å². The van der Waals surface area contributed by atoms with Crippen molar-refractivity contribution in [2.75, 3.05) is 13.2 Å². The number of hydrogen-bond acceptors (Lipinski definition) is 11. The van der Waals surface area contributed by atoms with Crippen LogP contribution in [0.25, 0.3) is 0 Å². The third kappa shape index (κ3) is 4.22. The second kappa shape index (κ2) is 8.39. The molecule has 9 atom stereocenters. The molecule has 0 aromatic heterocycles. The summed E-state index contributed by atoms with van der Waals surface area (Å²) >= 11 is 0. The highest BCUT2D eigenvalue weighted by atomic mass is 16.5. The Balaban J connectivity index is 2.85. The minimum absolute atomic E-state index is 0.792. The number of carbonyl (C=O) groups excluding carboxylic acids is 1. The number of hydrogen-bond donors (Lipinski definition) is 9. The molecule has 1 heterocycles. The van der Waals surface area contributed by atoms with Gasteiger partial charge in [-0.2, -0.15) is 0 Å². The zero-order chi connectivity index (χ0) is 17.9. The fourth-order valence-electron chi connectivity index (χ4n) is 2.20. The summed E-state index contributed by atoms with van der Waals surface area (Å²) in [6.45, 7) is -1.74. The van der Waals surface area contributed by atoms with E-state index in [1.165, 1.54) is 0 Å². The number of carbonyl (C=O) groups is 1. The van der Waals surface area contributed by atoms with Crippen LogP contribution in [0.5, 0.6) is 0 Å². The molecule has 0 aromatic carbocycles. The summed E-state index contributed by atoms with van der Waals surface area (Å²) in [5.74, 6) is -1.35. The van der Waals surface area contributed by atoms with Gasteiger partial charge in [0, 0.05) is 0 Å². The van der Waals surface area contributed by atoms with Gasteiger partial charge in [-0.3, -0.25) is 4.79 Å². The fraction of sp³-hybridized carbons (Fsp3) is 0.917. The summed E-state index contributed by atoms with van der Waals surface area (Å²) in [7, 11) is 0. The van der Waals surface area contributed by atoms with Crippen LogP contribution in [0.4, 0.5) is 0 Å². The molecule has 1 rings (SSSR count). The molecule has 23 heavy (non-hydrogen) atoms. The van der Waals surface area contributed by atoms with E-state index in [9.17, 15) is 40.5 Å². The van der Waals surface area contributed by atoms with Gasteiger partial charge in [-0.1, -0.05) is 0 Å². The van der Waals surface area contributed by atoms with E-state index in [1.54, 1.807) is 0 Å². The first-order chi connectivity index (χ1) is 10.7. The molecule has 0 saturated carbocycles. The maximum atomic E-state index is 12.1. The standard InChI is InChI=1S/C12H22O11/c13-1-3(15)5(16)7(18)9(20)11(22)12-10(21)8(19)6(17)4(2-14)23-12/h3-10,12-21H,1-2H2/t3-,4-,5-,6-,7+,8+,9-,10+,12+/m1/s1. The molecule has 0 unspecified atom stereocenters. The Morgan fingerprint density at radius 2 is 1.48 bits per heavy atom. The average molecular weight is 342 g/mol. The number of aliphatic hydroxyl groups excluding tert-OH is 9. The van der Waals surface area contributed by atoms with Crippen molar-refractivity contribution in [2.24, 2.45) is 0 Å². The van der Waals surface area contributed by atoms with E-state index in [0.29, 0.717) is 0 Å². The van der Waals surface area contributed by atoms with Crippen LogP contribution in [0.3, 0.4) is 0 Å². The predicted octanol–water partition coefficient (Wildman–Crippen LogP) is -6.17. The van der Waals surface area contributed by atoms with E-state index < -0.39 is 73.9 Å². The Hall–Kier alpha value is -0.730. The first-order valence-electron chi connectivity index (χ1n) is 6.84. The maximum Gasteiger partial charge on any atom is 0.195 e. The molecule has 1 fully saturated rings. The van der Waals surface area contributed by atoms with E-state index in [-0.39, 0.29) is 0 Å². The summed E-state index contributed by atoms with van der Waals surface area (Å²) in [5.41, 5.74) is 0. The minimum atomic E-state index is -2.33. The maximum absolute atomic E-state index is 12.1. The number of Topliss-reactive ketones (excluding diaryl/α,β-unsaturated/α-hetero) is 1. The van der Waals surface area contributed by atoms with Gasteiger partial charge in [0.15, 0.2) is 5.78 Å². The van der Waals surface area contributed by atoms with Gasteiger partial charge in [-0.15, -0.1) is 0 Å². The SMILES string of the molecule is O=C([C@H]1O[C@H](CO)[C@@H](O)[C@H](O)[C@@H]1O)[C@H](O)[C@@H](O)[C@H](O)[C@H](O)CO. The number of rotatable bonds is 7. The minimum Gasteiger partial charge on any atom is -0.394 e. The molecule has 0 aliphatic carbocycles. The summed E-state index contributed by atoms with van der Waals surface area (Å²) in [5, 5.41) is 84.5. The molecule has 0 aromatic rings. The Bertz CT molecular complexity index is 389. The van der Waals surface area contributed by atoms with Crippen LogP contribution in [0.2, 0.25) is 0 Å². The van der Waals surface area contributed by atoms with Crippen LogP contribution in [0.1, 0.15) is 0 Å². The summed E-state index contributed by atoms with van der Waals surface area (Å²) in [4.78, 5) is 12.1. The first kappa shape index (κ1) is 20.3. The normalized spacial score (nSPS) is 37.0.